The van der Waals surface area contributed by atoms with Gasteiger partial charge in [-0.15, -0.1) is 0 Å². The summed E-state index contributed by atoms with van der Waals surface area (Å²) in [7, 11) is 3.15. The lowest BCUT2D eigenvalue weighted by Gasteiger charge is -2.05. The summed E-state index contributed by atoms with van der Waals surface area (Å²) in [6, 6.07) is 5.38. The van der Waals surface area contributed by atoms with Gasteiger partial charge in [0.25, 0.3) is 0 Å². The van der Waals surface area contributed by atoms with Crippen molar-refractivity contribution >= 4 is 17.7 Å². The van der Waals surface area contributed by atoms with E-state index in [1.807, 2.05) is 12.1 Å². The van der Waals surface area contributed by atoms with Crippen LogP contribution in [0, 0.1) is 13.8 Å². The largest absolute Gasteiger partial charge is 0.497 e. The van der Waals surface area contributed by atoms with Gasteiger partial charge in [-0.25, -0.2) is 0 Å². The van der Waals surface area contributed by atoms with Crippen molar-refractivity contribution in [3.8, 4) is 11.5 Å². The Balaban J connectivity index is 2.13. The Bertz CT molecular complexity index is 662. The molecule has 1 aromatic heterocycles. The molecule has 0 saturated carbocycles. The standard InChI is InChI=1S/C16H18N2O4/c1-10-16(11(2)22-18-10)17-15(19)6-5-12-7-13(20-3)9-14(8-12)21-4/h5-9H,1-4H3,(H,17,19)/b6-5+. The number of carbonyl (C=O) groups is 1. The third kappa shape index (κ3) is 3.66. The van der Waals surface area contributed by atoms with E-state index >= 15 is 0 Å². The van der Waals surface area contributed by atoms with Crippen molar-refractivity contribution in [1.29, 1.82) is 0 Å². The number of carbonyl (C=O) groups excluding carboxylic acids is 1. The summed E-state index contributed by atoms with van der Waals surface area (Å²) in [5, 5.41) is 6.53. The van der Waals surface area contributed by atoms with Gasteiger partial charge in [-0.1, -0.05) is 5.16 Å². The highest BCUT2D eigenvalue weighted by Gasteiger charge is 2.10. The Morgan fingerprint density at radius 1 is 1.18 bits per heavy atom. The number of amides is 1. The molecule has 6 nitrogen and oxygen atoms in total. The van der Waals surface area contributed by atoms with Gasteiger partial charge in [-0.2, -0.15) is 0 Å². The predicted molar refractivity (Wildman–Crippen MR) is 83.2 cm³/mol. The van der Waals surface area contributed by atoms with E-state index in [4.69, 9.17) is 14.0 Å². The van der Waals surface area contributed by atoms with Gasteiger partial charge in [0.15, 0.2) is 5.76 Å². The highest BCUT2D eigenvalue weighted by Crippen LogP contribution is 2.23. The molecule has 2 rings (SSSR count). The SMILES string of the molecule is COc1cc(/C=C/C(=O)Nc2c(C)noc2C)cc(OC)c1. The van der Waals surface area contributed by atoms with Gasteiger partial charge in [-0.05, 0) is 37.6 Å². The van der Waals surface area contributed by atoms with Crippen molar-refractivity contribution in [3.05, 3.63) is 41.3 Å². The summed E-state index contributed by atoms with van der Waals surface area (Å²) in [6.07, 6.45) is 3.11. The fraction of sp³-hybridized carbons (Fsp3) is 0.250. The molecule has 22 heavy (non-hydrogen) atoms. The van der Waals surface area contributed by atoms with E-state index in [2.05, 4.69) is 10.5 Å². The second kappa shape index (κ2) is 6.80. The quantitative estimate of drug-likeness (QED) is 0.860. The second-order valence-corrected chi connectivity index (χ2v) is 4.67. The van der Waals surface area contributed by atoms with Gasteiger partial charge in [0.05, 0.1) is 14.2 Å². The average Bonchev–Trinajstić information content (AvgIpc) is 2.84. The molecule has 0 unspecified atom stereocenters. The van der Waals surface area contributed by atoms with Crippen LogP contribution in [0.15, 0.2) is 28.8 Å². The van der Waals surface area contributed by atoms with E-state index in [0.29, 0.717) is 28.6 Å². The van der Waals surface area contributed by atoms with Crippen molar-refractivity contribution in [2.75, 3.05) is 19.5 Å². The van der Waals surface area contributed by atoms with Gasteiger partial charge in [-0.3, -0.25) is 4.79 Å². The summed E-state index contributed by atoms with van der Waals surface area (Å²) in [5.41, 5.74) is 2.03. The van der Waals surface area contributed by atoms with Crippen LogP contribution in [0.3, 0.4) is 0 Å². The van der Waals surface area contributed by atoms with Gasteiger partial charge < -0.3 is 19.3 Å². The van der Waals surface area contributed by atoms with Crippen LogP contribution >= 0.6 is 0 Å². The van der Waals surface area contributed by atoms with Gasteiger partial charge in [0.2, 0.25) is 5.91 Å². The number of nitrogens with zero attached hydrogens (tertiary/aromatic N) is 1. The number of anilines is 1. The number of benzene rings is 1. The number of aryl methyl sites for hydroxylation is 2. The number of ether oxygens (including phenoxy) is 2. The summed E-state index contributed by atoms with van der Waals surface area (Å²) in [6.45, 7) is 3.51. The van der Waals surface area contributed by atoms with E-state index in [0.717, 1.165) is 5.56 Å². The van der Waals surface area contributed by atoms with E-state index in [1.165, 1.54) is 6.08 Å². The Morgan fingerprint density at radius 3 is 2.32 bits per heavy atom. The first-order valence-corrected chi connectivity index (χ1v) is 6.68. The first-order chi connectivity index (χ1) is 10.5. The topological polar surface area (TPSA) is 73.6 Å². The lowest BCUT2D eigenvalue weighted by atomic mass is 10.2. The highest BCUT2D eigenvalue weighted by atomic mass is 16.5. The van der Waals surface area contributed by atoms with E-state index in [-0.39, 0.29) is 5.91 Å². The Kier molecular flexibility index (Phi) is 4.83. The van der Waals surface area contributed by atoms with E-state index in [9.17, 15) is 4.79 Å². The maximum absolute atomic E-state index is 12.0. The molecule has 1 heterocycles. The minimum atomic E-state index is -0.267. The van der Waals surface area contributed by atoms with E-state index < -0.39 is 0 Å². The Hall–Kier alpha value is -2.76. The molecule has 0 spiro atoms. The van der Waals surface area contributed by atoms with Crippen molar-refractivity contribution in [3.63, 3.8) is 0 Å². The second-order valence-electron chi connectivity index (χ2n) is 4.67. The van der Waals surface area contributed by atoms with Crippen LogP contribution in [0.1, 0.15) is 17.0 Å². The zero-order valence-corrected chi connectivity index (χ0v) is 13.0. The van der Waals surface area contributed by atoms with Gasteiger partial charge in [0.1, 0.15) is 22.9 Å². The molecule has 0 atom stereocenters. The molecule has 0 fully saturated rings. The number of aromatic nitrogens is 1. The summed E-state index contributed by atoms with van der Waals surface area (Å²) in [4.78, 5) is 12.0. The van der Waals surface area contributed by atoms with E-state index in [1.54, 1.807) is 40.2 Å². The molecule has 116 valence electrons. The van der Waals surface area contributed by atoms with Gasteiger partial charge >= 0.3 is 0 Å². The molecule has 6 heteroatoms. The number of hydrogen-bond donors (Lipinski definition) is 1. The van der Waals surface area contributed by atoms with Crippen LogP contribution in [0.4, 0.5) is 5.69 Å². The molecule has 1 N–H and O–H groups in total. The summed E-state index contributed by atoms with van der Waals surface area (Å²) in [5.74, 6) is 1.62. The molecule has 1 aromatic carbocycles. The lowest BCUT2D eigenvalue weighted by molar-refractivity contribution is -0.111. The molecule has 0 aliphatic carbocycles. The fourth-order valence-electron chi connectivity index (χ4n) is 1.92. The first-order valence-electron chi connectivity index (χ1n) is 6.68. The minimum Gasteiger partial charge on any atom is -0.497 e. The average molecular weight is 302 g/mol. The molecule has 1 amide bonds. The van der Waals surface area contributed by atoms with Crippen LogP contribution < -0.4 is 14.8 Å². The van der Waals surface area contributed by atoms with Crippen LogP contribution in [0.25, 0.3) is 6.08 Å². The van der Waals surface area contributed by atoms with Crippen molar-refractivity contribution < 1.29 is 18.8 Å². The number of rotatable bonds is 5. The zero-order valence-electron chi connectivity index (χ0n) is 13.0. The molecular formula is C16H18N2O4. The zero-order chi connectivity index (χ0) is 16.1. The lowest BCUT2D eigenvalue weighted by Crippen LogP contribution is -2.08. The van der Waals surface area contributed by atoms with Crippen LogP contribution in [0.2, 0.25) is 0 Å². The smallest absolute Gasteiger partial charge is 0.248 e. The fourth-order valence-corrected chi connectivity index (χ4v) is 1.92. The predicted octanol–water partition coefficient (Wildman–Crippen LogP) is 2.96. The monoisotopic (exact) mass is 302 g/mol. The Labute approximate surface area is 128 Å². The van der Waals surface area contributed by atoms with Crippen LogP contribution in [-0.2, 0) is 4.79 Å². The van der Waals surface area contributed by atoms with Crippen LogP contribution in [0.5, 0.6) is 11.5 Å². The molecular weight excluding hydrogens is 284 g/mol. The van der Waals surface area contributed by atoms with Crippen LogP contribution in [-0.4, -0.2) is 25.3 Å². The third-order valence-electron chi connectivity index (χ3n) is 3.08. The Morgan fingerprint density at radius 2 is 1.82 bits per heavy atom. The maximum Gasteiger partial charge on any atom is 0.248 e. The summed E-state index contributed by atoms with van der Waals surface area (Å²) >= 11 is 0. The number of nitrogens with one attached hydrogen (secondary N) is 1. The normalized spacial score (nSPS) is 10.7. The number of methoxy groups -OCH3 is 2. The molecule has 0 aliphatic heterocycles. The highest BCUT2D eigenvalue weighted by molar-refractivity contribution is 6.02. The molecule has 2 aromatic rings. The van der Waals surface area contributed by atoms with Crippen molar-refractivity contribution in [2.45, 2.75) is 13.8 Å². The van der Waals surface area contributed by atoms with Crippen molar-refractivity contribution in [1.82, 2.24) is 5.16 Å². The summed E-state index contributed by atoms with van der Waals surface area (Å²) < 4.78 is 15.4. The van der Waals surface area contributed by atoms with Crippen molar-refractivity contribution in [2.24, 2.45) is 0 Å². The molecule has 0 radical (unpaired) electrons. The molecule has 0 aliphatic rings. The minimum absolute atomic E-state index is 0.267. The maximum atomic E-state index is 12.0. The number of hydrogen-bond acceptors (Lipinski definition) is 5. The molecule has 0 saturated heterocycles. The first kappa shape index (κ1) is 15.6. The third-order valence-corrected chi connectivity index (χ3v) is 3.08. The molecule has 0 bridgehead atoms. The van der Waals surface area contributed by atoms with Gasteiger partial charge in [0, 0.05) is 12.1 Å².